The summed E-state index contributed by atoms with van der Waals surface area (Å²) in [5.74, 6) is 1.65. The molecule has 1 aliphatic heterocycles. The van der Waals surface area contributed by atoms with Crippen molar-refractivity contribution < 1.29 is 4.74 Å². The Morgan fingerprint density at radius 2 is 2.29 bits per heavy atom. The number of anilines is 1. The quantitative estimate of drug-likeness (QED) is 0.793. The first-order valence-corrected chi connectivity index (χ1v) is 5.35. The van der Waals surface area contributed by atoms with Crippen LogP contribution in [-0.4, -0.2) is 13.2 Å². The Balaban J connectivity index is 2.28. The van der Waals surface area contributed by atoms with Crippen LogP contribution < -0.4 is 10.1 Å². The third kappa shape index (κ3) is 1.57. The van der Waals surface area contributed by atoms with Gasteiger partial charge < -0.3 is 10.1 Å². The zero-order valence-corrected chi connectivity index (χ0v) is 8.84. The summed E-state index contributed by atoms with van der Waals surface area (Å²) in [6.45, 7) is 6.06. The Labute approximate surface area is 85.3 Å². The van der Waals surface area contributed by atoms with Crippen molar-refractivity contribution in [3.05, 3.63) is 23.8 Å². The topological polar surface area (TPSA) is 21.3 Å². The minimum atomic E-state index is 0.658. The van der Waals surface area contributed by atoms with E-state index in [-0.39, 0.29) is 0 Å². The van der Waals surface area contributed by atoms with Gasteiger partial charge in [0.25, 0.3) is 0 Å². The SMILES string of the molecule is CCOc1ccc2c(c1)C(CC)CN2. The lowest BCUT2D eigenvalue weighted by atomic mass is 9.99. The van der Waals surface area contributed by atoms with Gasteiger partial charge in [-0.25, -0.2) is 0 Å². The summed E-state index contributed by atoms with van der Waals surface area (Å²) < 4.78 is 5.50. The van der Waals surface area contributed by atoms with E-state index < -0.39 is 0 Å². The number of nitrogens with one attached hydrogen (secondary N) is 1. The van der Waals surface area contributed by atoms with Gasteiger partial charge in [0.15, 0.2) is 0 Å². The van der Waals surface area contributed by atoms with Crippen LogP contribution in [0.4, 0.5) is 5.69 Å². The van der Waals surface area contributed by atoms with E-state index in [9.17, 15) is 0 Å². The van der Waals surface area contributed by atoms with Gasteiger partial charge in [0.1, 0.15) is 5.75 Å². The molecular weight excluding hydrogens is 174 g/mol. The zero-order chi connectivity index (χ0) is 9.97. The highest BCUT2D eigenvalue weighted by molar-refractivity contribution is 5.60. The van der Waals surface area contributed by atoms with Gasteiger partial charge in [0, 0.05) is 18.2 Å². The smallest absolute Gasteiger partial charge is 0.119 e. The molecule has 0 saturated carbocycles. The number of benzene rings is 1. The molecule has 2 rings (SSSR count). The van der Waals surface area contributed by atoms with Crippen molar-refractivity contribution in [3.8, 4) is 5.75 Å². The fraction of sp³-hybridized carbons (Fsp3) is 0.500. The largest absolute Gasteiger partial charge is 0.494 e. The second-order valence-corrected chi connectivity index (χ2v) is 3.67. The van der Waals surface area contributed by atoms with Gasteiger partial charge in [0.05, 0.1) is 6.61 Å². The molecule has 1 atom stereocenters. The van der Waals surface area contributed by atoms with E-state index in [1.54, 1.807) is 0 Å². The van der Waals surface area contributed by atoms with Crippen LogP contribution in [0.25, 0.3) is 0 Å². The highest BCUT2D eigenvalue weighted by atomic mass is 16.5. The van der Waals surface area contributed by atoms with Crippen molar-refractivity contribution in [1.82, 2.24) is 0 Å². The molecule has 1 N–H and O–H groups in total. The number of rotatable bonds is 3. The lowest BCUT2D eigenvalue weighted by Gasteiger charge is -2.08. The Morgan fingerprint density at radius 3 is 3.00 bits per heavy atom. The van der Waals surface area contributed by atoms with Crippen LogP contribution in [0.1, 0.15) is 31.7 Å². The summed E-state index contributed by atoms with van der Waals surface area (Å²) in [4.78, 5) is 0. The lowest BCUT2D eigenvalue weighted by Crippen LogP contribution is -1.99. The average Bonchev–Trinajstić information content (AvgIpc) is 2.60. The summed E-state index contributed by atoms with van der Waals surface area (Å²) in [6.07, 6.45) is 1.19. The molecule has 2 heteroatoms. The van der Waals surface area contributed by atoms with Gasteiger partial charge in [-0.2, -0.15) is 0 Å². The Bertz CT molecular complexity index is 322. The minimum Gasteiger partial charge on any atom is -0.494 e. The highest BCUT2D eigenvalue weighted by Crippen LogP contribution is 2.35. The second-order valence-electron chi connectivity index (χ2n) is 3.67. The molecule has 0 spiro atoms. The molecule has 1 aromatic carbocycles. The second kappa shape index (κ2) is 3.91. The van der Waals surface area contributed by atoms with Crippen LogP contribution in [0.3, 0.4) is 0 Å². The Morgan fingerprint density at radius 1 is 1.43 bits per heavy atom. The standard InChI is InChI=1S/C12H17NO/c1-3-9-8-13-12-6-5-10(14-4-2)7-11(9)12/h5-7,9,13H,3-4,8H2,1-2H3. The van der Waals surface area contributed by atoms with Crippen LogP contribution in [0.5, 0.6) is 5.75 Å². The third-order valence-electron chi connectivity index (χ3n) is 2.81. The van der Waals surface area contributed by atoms with E-state index in [0.29, 0.717) is 5.92 Å². The summed E-state index contributed by atoms with van der Waals surface area (Å²) >= 11 is 0. The monoisotopic (exact) mass is 191 g/mol. The van der Waals surface area contributed by atoms with Crippen LogP contribution in [0, 0.1) is 0 Å². The maximum Gasteiger partial charge on any atom is 0.119 e. The highest BCUT2D eigenvalue weighted by Gasteiger charge is 2.20. The number of ether oxygens (including phenoxy) is 1. The van der Waals surface area contributed by atoms with Crippen molar-refractivity contribution in [3.63, 3.8) is 0 Å². The maximum absolute atomic E-state index is 5.50. The fourth-order valence-corrected chi connectivity index (χ4v) is 2.00. The van der Waals surface area contributed by atoms with Gasteiger partial charge in [-0.1, -0.05) is 6.92 Å². The molecule has 0 saturated heterocycles. The van der Waals surface area contributed by atoms with Crippen molar-refractivity contribution in [2.45, 2.75) is 26.2 Å². The molecule has 1 heterocycles. The summed E-state index contributed by atoms with van der Waals surface area (Å²) in [7, 11) is 0. The lowest BCUT2D eigenvalue weighted by molar-refractivity contribution is 0.340. The van der Waals surface area contributed by atoms with E-state index in [0.717, 1.165) is 18.9 Å². The van der Waals surface area contributed by atoms with E-state index in [1.165, 1.54) is 17.7 Å². The zero-order valence-electron chi connectivity index (χ0n) is 8.84. The fourth-order valence-electron chi connectivity index (χ4n) is 2.00. The third-order valence-corrected chi connectivity index (χ3v) is 2.81. The van der Waals surface area contributed by atoms with E-state index in [4.69, 9.17) is 4.74 Å². The molecule has 1 unspecified atom stereocenters. The first-order chi connectivity index (χ1) is 6.85. The summed E-state index contributed by atoms with van der Waals surface area (Å²) in [6, 6.07) is 6.33. The molecule has 14 heavy (non-hydrogen) atoms. The van der Waals surface area contributed by atoms with Gasteiger partial charge in [0.2, 0.25) is 0 Å². The van der Waals surface area contributed by atoms with E-state index in [2.05, 4.69) is 24.4 Å². The predicted octanol–water partition coefficient (Wildman–Crippen LogP) is 3.00. The van der Waals surface area contributed by atoms with Crippen LogP contribution in [0.2, 0.25) is 0 Å². The molecule has 0 radical (unpaired) electrons. The molecular formula is C12H17NO. The molecule has 1 aromatic rings. The van der Waals surface area contributed by atoms with Crippen molar-refractivity contribution in [2.75, 3.05) is 18.5 Å². The number of fused-ring (bicyclic) bond motifs is 1. The Kier molecular flexibility index (Phi) is 2.62. The minimum absolute atomic E-state index is 0.658. The molecule has 0 aromatic heterocycles. The average molecular weight is 191 g/mol. The summed E-state index contributed by atoms with van der Waals surface area (Å²) in [5.41, 5.74) is 2.69. The van der Waals surface area contributed by atoms with E-state index >= 15 is 0 Å². The van der Waals surface area contributed by atoms with Gasteiger partial charge >= 0.3 is 0 Å². The molecule has 76 valence electrons. The molecule has 0 aliphatic carbocycles. The molecule has 0 amide bonds. The maximum atomic E-state index is 5.50. The van der Waals surface area contributed by atoms with Gasteiger partial charge in [-0.15, -0.1) is 0 Å². The number of hydrogen-bond acceptors (Lipinski definition) is 2. The molecule has 0 bridgehead atoms. The van der Waals surface area contributed by atoms with Crippen LogP contribution >= 0.6 is 0 Å². The van der Waals surface area contributed by atoms with Crippen LogP contribution in [0.15, 0.2) is 18.2 Å². The van der Waals surface area contributed by atoms with Gasteiger partial charge in [-0.05, 0) is 37.1 Å². The number of hydrogen-bond donors (Lipinski definition) is 1. The molecule has 1 aliphatic rings. The summed E-state index contributed by atoms with van der Waals surface area (Å²) in [5, 5.41) is 3.41. The van der Waals surface area contributed by atoms with Crippen molar-refractivity contribution in [1.29, 1.82) is 0 Å². The Hall–Kier alpha value is -1.18. The first-order valence-electron chi connectivity index (χ1n) is 5.35. The first kappa shape index (κ1) is 9.38. The predicted molar refractivity (Wildman–Crippen MR) is 59.1 cm³/mol. The van der Waals surface area contributed by atoms with Gasteiger partial charge in [-0.3, -0.25) is 0 Å². The van der Waals surface area contributed by atoms with Crippen LogP contribution in [-0.2, 0) is 0 Å². The van der Waals surface area contributed by atoms with Crippen molar-refractivity contribution in [2.24, 2.45) is 0 Å². The molecule has 2 nitrogen and oxygen atoms in total. The van der Waals surface area contributed by atoms with E-state index in [1.807, 2.05) is 13.0 Å². The normalized spacial score (nSPS) is 18.9. The molecule has 0 fully saturated rings. The van der Waals surface area contributed by atoms with Crippen molar-refractivity contribution >= 4 is 5.69 Å².